The molecule has 1 fully saturated rings. The minimum absolute atomic E-state index is 0.270. The Hall–Kier alpha value is -0.850. The summed E-state index contributed by atoms with van der Waals surface area (Å²) in [6.45, 7) is 1.05. The van der Waals surface area contributed by atoms with E-state index in [0.29, 0.717) is 5.89 Å². The second kappa shape index (κ2) is 5.50. The van der Waals surface area contributed by atoms with Crippen LogP contribution in [0, 0.1) is 0 Å². The lowest BCUT2D eigenvalue weighted by atomic mass is 10.0. The average molecular weight is 307 g/mol. The van der Waals surface area contributed by atoms with Crippen LogP contribution in [0.2, 0.25) is 0 Å². The Kier molecular flexibility index (Phi) is 3.54. The van der Waals surface area contributed by atoms with Gasteiger partial charge in [0.05, 0.1) is 10.9 Å². The molecule has 4 rings (SSSR count). The van der Waals surface area contributed by atoms with E-state index < -0.39 is 0 Å². The summed E-state index contributed by atoms with van der Waals surface area (Å²) >= 11 is 3.82. The fraction of sp³-hybridized carbons (Fsp3) is 0.571. The highest BCUT2D eigenvalue weighted by atomic mass is 32.2. The van der Waals surface area contributed by atoms with Crippen LogP contribution in [0.15, 0.2) is 10.6 Å². The number of piperidine rings is 1. The van der Waals surface area contributed by atoms with Crippen molar-refractivity contribution >= 4 is 23.1 Å². The van der Waals surface area contributed by atoms with Crippen molar-refractivity contribution in [2.24, 2.45) is 0 Å². The second-order valence-corrected chi connectivity index (χ2v) is 7.56. The van der Waals surface area contributed by atoms with Crippen LogP contribution in [0.4, 0.5) is 0 Å². The van der Waals surface area contributed by atoms with Gasteiger partial charge in [0.2, 0.25) is 0 Å². The molecule has 0 aromatic carbocycles. The molecule has 4 heterocycles. The fourth-order valence-electron chi connectivity index (χ4n) is 2.80. The monoisotopic (exact) mass is 307 g/mol. The Balaban J connectivity index is 1.59. The zero-order valence-electron chi connectivity index (χ0n) is 11.2. The maximum Gasteiger partial charge on any atom is 0.268 e. The molecular formula is C14H17N3OS2. The Morgan fingerprint density at radius 1 is 1.35 bits per heavy atom. The Bertz CT molecular complexity index is 578. The van der Waals surface area contributed by atoms with E-state index in [4.69, 9.17) is 4.52 Å². The molecule has 1 saturated heterocycles. The first-order chi connectivity index (χ1) is 9.90. The first-order valence-corrected chi connectivity index (χ1v) is 9.14. The van der Waals surface area contributed by atoms with Crippen LogP contribution < -0.4 is 5.32 Å². The smallest absolute Gasteiger partial charge is 0.268 e. The highest BCUT2D eigenvalue weighted by Gasteiger charge is 2.22. The Labute approximate surface area is 126 Å². The number of nitrogens with zero attached hydrogens (tertiary/aromatic N) is 2. The van der Waals surface area contributed by atoms with Gasteiger partial charge in [-0.25, -0.2) is 0 Å². The van der Waals surface area contributed by atoms with Crippen molar-refractivity contribution in [1.29, 1.82) is 0 Å². The molecule has 1 atom stereocenters. The molecule has 0 saturated carbocycles. The zero-order valence-corrected chi connectivity index (χ0v) is 12.9. The lowest BCUT2D eigenvalue weighted by molar-refractivity contribution is 0.367. The predicted octanol–water partition coefficient (Wildman–Crippen LogP) is 3.40. The van der Waals surface area contributed by atoms with Gasteiger partial charge in [-0.05, 0) is 43.2 Å². The molecule has 2 aliphatic heterocycles. The van der Waals surface area contributed by atoms with E-state index in [-0.39, 0.29) is 6.04 Å². The van der Waals surface area contributed by atoms with Crippen LogP contribution >= 0.6 is 23.1 Å². The van der Waals surface area contributed by atoms with E-state index in [1.807, 2.05) is 23.1 Å². The van der Waals surface area contributed by atoms with E-state index in [0.717, 1.165) is 29.4 Å². The summed E-state index contributed by atoms with van der Waals surface area (Å²) in [5.41, 5.74) is 1.46. The molecule has 0 aliphatic carbocycles. The summed E-state index contributed by atoms with van der Waals surface area (Å²) in [6.07, 6.45) is 4.77. The van der Waals surface area contributed by atoms with Gasteiger partial charge < -0.3 is 9.84 Å². The van der Waals surface area contributed by atoms with Gasteiger partial charge in [-0.2, -0.15) is 16.7 Å². The molecule has 0 radical (unpaired) electrons. The van der Waals surface area contributed by atoms with Crippen LogP contribution in [-0.2, 0) is 12.2 Å². The number of fused-ring (bicyclic) bond motifs is 1. The lowest BCUT2D eigenvalue weighted by Gasteiger charge is -2.19. The quantitative estimate of drug-likeness (QED) is 0.921. The Morgan fingerprint density at radius 2 is 2.35 bits per heavy atom. The van der Waals surface area contributed by atoms with Crippen molar-refractivity contribution in [2.75, 3.05) is 12.3 Å². The normalized spacial score (nSPS) is 22.7. The van der Waals surface area contributed by atoms with E-state index >= 15 is 0 Å². The number of thiophene rings is 1. The van der Waals surface area contributed by atoms with Crippen molar-refractivity contribution in [1.82, 2.24) is 15.5 Å². The molecular weight excluding hydrogens is 290 g/mol. The van der Waals surface area contributed by atoms with Crippen molar-refractivity contribution < 1.29 is 4.52 Å². The highest BCUT2D eigenvalue weighted by Crippen LogP contribution is 2.36. The molecule has 20 heavy (non-hydrogen) atoms. The van der Waals surface area contributed by atoms with Gasteiger partial charge in [0.15, 0.2) is 5.82 Å². The maximum atomic E-state index is 5.48. The lowest BCUT2D eigenvalue weighted by Crippen LogP contribution is -2.27. The number of rotatable bonds is 2. The van der Waals surface area contributed by atoms with Gasteiger partial charge in [-0.15, -0.1) is 11.3 Å². The number of aryl methyl sites for hydroxylation is 1. The summed E-state index contributed by atoms with van der Waals surface area (Å²) in [5.74, 6) is 3.86. The molecule has 0 bridgehead atoms. The standard InChI is InChI=1S/C14H17N3OS2/c1-2-5-15-10(3-1)13-16-14(18-17-13)12-7-9-8-19-6-4-11(9)20-12/h7,10,15H,1-6,8H2. The summed E-state index contributed by atoms with van der Waals surface area (Å²) in [7, 11) is 0. The van der Waals surface area contributed by atoms with E-state index in [9.17, 15) is 0 Å². The van der Waals surface area contributed by atoms with Gasteiger partial charge in [0, 0.05) is 10.6 Å². The van der Waals surface area contributed by atoms with E-state index in [2.05, 4.69) is 21.5 Å². The number of nitrogens with one attached hydrogen (secondary N) is 1. The van der Waals surface area contributed by atoms with Crippen molar-refractivity contribution in [3.63, 3.8) is 0 Å². The summed E-state index contributed by atoms with van der Waals surface area (Å²) in [5, 5.41) is 7.64. The van der Waals surface area contributed by atoms with Crippen LogP contribution in [-0.4, -0.2) is 22.4 Å². The largest absolute Gasteiger partial charge is 0.333 e. The van der Waals surface area contributed by atoms with Crippen LogP contribution in [0.5, 0.6) is 0 Å². The number of thioether (sulfide) groups is 1. The second-order valence-electron chi connectivity index (χ2n) is 5.32. The topological polar surface area (TPSA) is 51.0 Å². The van der Waals surface area contributed by atoms with Gasteiger partial charge in [0.25, 0.3) is 5.89 Å². The fourth-order valence-corrected chi connectivity index (χ4v) is 5.10. The maximum absolute atomic E-state index is 5.48. The van der Waals surface area contributed by atoms with E-state index in [1.165, 1.54) is 35.5 Å². The van der Waals surface area contributed by atoms with Gasteiger partial charge in [-0.1, -0.05) is 11.6 Å². The first kappa shape index (κ1) is 12.9. The molecule has 2 aromatic rings. The molecule has 0 amide bonds. The van der Waals surface area contributed by atoms with Crippen molar-refractivity contribution in [2.45, 2.75) is 37.5 Å². The minimum atomic E-state index is 0.270. The predicted molar refractivity (Wildman–Crippen MR) is 82.1 cm³/mol. The Morgan fingerprint density at radius 3 is 3.20 bits per heavy atom. The van der Waals surface area contributed by atoms with Crippen molar-refractivity contribution in [3.8, 4) is 10.8 Å². The zero-order chi connectivity index (χ0) is 13.4. The SMILES string of the molecule is c1c(-c2nc(C3CCCCN3)no2)sc2c1CSCC2. The third-order valence-corrected chi connectivity index (χ3v) is 6.14. The van der Waals surface area contributed by atoms with Crippen LogP contribution in [0.3, 0.4) is 0 Å². The number of hydrogen-bond acceptors (Lipinski definition) is 6. The summed E-state index contributed by atoms with van der Waals surface area (Å²) in [6, 6.07) is 2.50. The van der Waals surface area contributed by atoms with Crippen LogP contribution in [0.1, 0.15) is 41.6 Å². The third kappa shape index (κ3) is 2.40. The first-order valence-electron chi connectivity index (χ1n) is 7.17. The average Bonchev–Trinajstić information content (AvgIpc) is 3.14. The van der Waals surface area contributed by atoms with Crippen LogP contribution in [0.25, 0.3) is 10.8 Å². The van der Waals surface area contributed by atoms with Gasteiger partial charge >= 0.3 is 0 Å². The van der Waals surface area contributed by atoms with Crippen molar-refractivity contribution in [3.05, 3.63) is 22.3 Å². The highest BCUT2D eigenvalue weighted by molar-refractivity contribution is 7.98. The molecule has 4 nitrogen and oxygen atoms in total. The molecule has 1 unspecified atom stereocenters. The number of hydrogen-bond donors (Lipinski definition) is 1. The number of aromatic nitrogens is 2. The molecule has 2 aromatic heterocycles. The summed E-state index contributed by atoms with van der Waals surface area (Å²) in [4.78, 5) is 7.24. The van der Waals surface area contributed by atoms with Gasteiger partial charge in [0.1, 0.15) is 0 Å². The molecule has 106 valence electrons. The minimum Gasteiger partial charge on any atom is -0.333 e. The molecule has 1 N–H and O–H groups in total. The molecule has 0 spiro atoms. The van der Waals surface area contributed by atoms with E-state index in [1.54, 1.807) is 0 Å². The molecule has 2 aliphatic rings. The third-order valence-electron chi connectivity index (χ3n) is 3.90. The molecule has 6 heteroatoms. The summed E-state index contributed by atoms with van der Waals surface area (Å²) < 4.78 is 5.48. The van der Waals surface area contributed by atoms with Gasteiger partial charge in [-0.3, -0.25) is 0 Å².